The van der Waals surface area contributed by atoms with Gasteiger partial charge in [-0.05, 0) is 50.6 Å². The first-order valence-electron chi connectivity index (χ1n) is 7.70. The SMILES string of the molecule is CNCc1ccc(N2CCCN3CCCC3C2)cc1Br. The van der Waals surface area contributed by atoms with Gasteiger partial charge in [0.15, 0.2) is 0 Å². The lowest BCUT2D eigenvalue weighted by atomic mass is 10.1. The molecule has 2 aliphatic heterocycles. The number of nitrogens with one attached hydrogen (secondary N) is 1. The molecule has 0 aliphatic carbocycles. The van der Waals surface area contributed by atoms with Gasteiger partial charge in [0.1, 0.15) is 0 Å². The molecule has 2 saturated heterocycles. The summed E-state index contributed by atoms with van der Waals surface area (Å²) in [4.78, 5) is 5.26. The van der Waals surface area contributed by atoms with Crippen LogP contribution in [0.25, 0.3) is 0 Å². The average Bonchev–Trinajstić information content (AvgIpc) is 2.78. The second-order valence-electron chi connectivity index (χ2n) is 5.94. The molecule has 1 atom stereocenters. The first-order valence-corrected chi connectivity index (χ1v) is 8.49. The predicted molar refractivity (Wildman–Crippen MR) is 88.3 cm³/mol. The van der Waals surface area contributed by atoms with Gasteiger partial charge in [-0.25, -0.2) is 0 Å². The highest BCUT2D eigenvalue weighted by molar-refractivity contribution is 9.10. The minimum Gasteiger partial charge on any atom is -0.370 e. The van der Waals surface area contributed by atoms with Crippen molar-refractivity contribution in [2.75, 3.05) is 38.1 Å². The van der Waals surface area contributed by atoms with Crippen molar-refractivity contribution in [2.45, 2.75) is 31.8 Å². The number of hydrogen-bond acceptors (Lipinski definition) is 3. The molecule has 3 nitrogen and oxygen atoms in total. The molecule has 20 heavy (non-hydrogen) atoms. The molecule has 0 amide bonds. The van der Waals surface area contributed by atoms with Gasteiger partial charge < -0.3 is 10.2 Å². The fourth-order valence-electron chi connectivity index (χ4n) is 3.51. The van der Waals surface area contributed by atoms with Crippen LogP contribution < -0.4 is 10.2 Å². The van der Waals surface area contributed by atoms with E-state index in [9.17, 15) is 0 Å². The van der Waals surface area contributed by atoms with Crippen LogP contribution in [0.4, 0.5) is 5.69 Å². The molecule has 2 fully saturated rings. The van der Waals surface area contributed by atoms with Crippen molar-refractivity contribution in [1.82, 2.24) is 10.2 Å². The Hall–Kier alpha value is -0.580. The number of fused-ring (bicyclic) bond motifs is 1. The molecule has 2 heterocycles. The monoisotopic (exact) mass is 337 g/mol. The van der Waals surface area contributed by atoms with E-state index < -0.39 is 0 Å². The Morgan fingerprint density at radius 3 is 2.90 bits per heavy atom. The Kier molecular flexibility index (Phi) is 4.64. The molecular weight excluding hydrogens is 314 g/mol. The molecule has 110 valence electrons. The molecule has 2 aliphatic rings. The highest BCUT2D eigenvalue weighted by Gasteiger charge is 2.28. The maximum absolute atomic E-state index is 3.71. The molecule has 1 aromatic carbocycles. The summed E-state index contributed by atoms with van der Waals surface area (Å²) in [6.07, 6.45) is 4.03. The second kappa shape index (κ2) is 6.46. The van der Waals surface area contributed by atoms with Crippen LogP contribution in [-0.4, -0.2) is 44.2 Å². The van der Waals surface area contributed by atoms with Gasteiger partial charge in [0, 0.05) is 42.4 Å². The lowest BCUT2D eigenvalue weighted by Crippen LogP contribution is -2.36. The van der Waals surface area contributed by atoms with Crippen molar-refractivity contribution in [1.29, 1.82) is 0 Å². The molecule has 4 heteroatoms. The van der Waals surface area contributed by atoms with Crippen LogP contribution in [0.15, 0.2) is 22.7 Å². The molecule has 0 spiro atoms. The van der Waals surface area contributed by atoms with E-state index in [1.165, 1.54) is 61.2 Å². The lowest BCUT2D eigenvalue weighted by Gasteiger charge is -2.27. The first-order chi connectivity index (χ1) is 9.78. The van der Waals surface area contributed by atoms with Gasteiger partial charge in [-0.1, -0.05) is 22.0 Å². The summed E-state index contributed by atoms with van der Waals surface area (Å²) in [5.41, 5.74) is 2.69. The van der Waals surface area contributed by atoms with Crippen molar-refractivity contribution < 1.29 is 0 Å². The van der Waals surface area contributed by atoms with Gasteiger partial charge in [0.2, 0.25) is 0 Å². The van der Waals surface area contributed by atoms with Crippen LogP contribution in [0.5, 0.6) is 0 Å². The number of benzene rings is 1. The number of halogens is 1. The molecule has 0 bridgehead atoms. The molecule has 1 aromatic rings. The summed E-state index contributed by atoms with van der Waals surface area (Å²) in [5, 5.41) is 3.21. The van der Waals surface area contributed by atoms with Crippen molar-refractivity contribution in [3.05, 3.63) is 28.2 Å². The van der Waals surface area contributed by atoms with E-state index in [1.54, 1.807) is 0 Å². The van der Waals surface area contributed by atoms with Gasteiger partial charge in [-0.15, -0.1) is 0 Å². The molecule has 1 unspecified atom stereocenters. The Bertz CT molecular complexity index is 463. The highest BCUT2D eigenvalue weighted by atomic mass is 79.9. The van der Waals surface area contributed by atoms with Crippen LogP contribution in [-0.2, 0) is 6.54 Å². The summed E-state index contributed by atoms with van der Waals surface area (Å²) < 4.78 is 1.22. The summed E-state index contributed by atoms with van der Waals surface area (Å²) in [7, 11) is 1.99. The van der Waals surface area contributed by atoms with Crippen molar-refractivity contribution in [2.24, 2.45) is 0 Å². The standard InChI is InChI=1S/C16H24BrN3/c1-18-11-13-5-6-14(10-16(13)17)20-9-3-8-19-7-2-4-15(19)12-20/h5-6,10,15,18H,2-4,7-9,11-12H2,1H3. The van der Waals surface area contributed by atoms with Crippen LogP contribution in [0.1, 0.15) is 24.8 Å². The molecule has 3 rings (SSSR count). The normalized spacial score (nSPS) is 23.7. The largest absolute Gasteiger partial charge is 0.370 e. The third kappa shape index (κ3) is 3.02. The Morgan fingerprint density at radius 2 is 2.10 bits per heavy atom. The Balaban J connectivity index is 1.76. The number of anilines is 1. The smallest absolute Gasteiger partial charge is 0.0378 e. The van der Waals surface area contributed by atoms with Crippen molar-refractivity contribution >= 4 is 21.6 Å². The predicted octanol–water partition coefficient (Wildman–Crippen LogP) is 2.84. The zero-order valence-electron chi connectivity index (χ0n) is 12.2. The zero-order valence-corrected chi connectivity index (χ0v) is 13.8. The second-order valence-corrected chi connectivity index (χ2v) is 6.79. The van der Waals surface area contributed by atoms with E-state index in [-0.39, 0.29) is 0 Å². The van der Waals surface area contributed by atoms with E-state index in [2.05, 4.69) is 49.2 Å². The van der Waals surface area contributed by atoms with E-state index in [1.807, 2.05) is 7.05 Å². The number of hydrogen-bond donors (Lipinski definition) is 1. The van der Waals surface area contributed by atoms with Crippen LogP contribution in [0.2, 0.25) is 0 Å². The fourth-order valence-corrected chi connectivity index (χ4v) is 4.01. The minimum atomic E-state index is 0.772. The van der Waals surface area contributed by atoms with Gasteiger partial charge >= 0.3 is 0 Å². The topological polar surface area (TPSA) is 18.5 Å². The molecule has 0 aromatic heterocycles. The van der Waals surface area contributed by atoms with E-state index >= 15 is 0 Å². The average molecular weight is 338 g/mol. The van der Waals surface area contributed by atoms with Crippen LogP contribution in [0.3, 0.4) is 0 Å². The number of rotatable bonds is 3. The van der Waals surface area contributed by atoms with Gasteiger partial charge in [-0.3, -0.25) is 4.90 Å². The van der Waals surface area contributed by atoms with Gasteiger partial charge in [-0.2, -0.15) is 0 Å². The Morgan fingerprint density at radius 1 is 1.25 bits per heavy atom. The lowest BCUT2D eigenvalue weighted by molar-refractivity contribution is 0.273. The quantitative estimate of drug-likeness (QED) is 0.914. The van der Waals surface area contributed by atoms with E-state index in [0.717, 1.165) is 12.6 Å². The fraction of sp³-hybridized carbons (Fsp3) is 0.625. The third-order valence-electron chi connectivity index (χ3n) is 4.57. The summed E-state index contributed by atoms with van der Waals surface area (Å²) >= 11 is 3.71. The molecule has 0 saturated carbocycles. The van der Waals surface area contributed by atoms with Crippen LogP contribution in [0, 0.1) is 0 Å². The highest BCUT2D eigenvalue weighted by Crippen LogP contribution is 2.28. The van der Waals surface area contributed by atoms with Crippen molar-refractivity contribution in [3.63, 3.8) is 0 Å². The van der Waals surface area contributed by atoms with Gasteiger partial charge in [0.05, 0.1) is 0 Å². The molecule has 1 N–H and O–H groups in total. The van der Waals surface area contributed by atoms with E-state index in [0.29, 0.717) is 0 Å². The number of nitrogens with zero attached hydrogens (tertiary/aromatic N) is 2. The first kappa shape index (κ1) is 14.4. The minimum absolute atomic E-state index is 0.772. The van der Waals surface area contributed by atoms with Crippen molar-refractivity contribution in [3.8, 4) is 0 Å². The summed E-state index contributed by atoms with van der Waals surface area (Å²) in [6, 6.07) is 7.58. The van der Waals surface area contributed by atoms with Crippen LogP contribution >= 0.6 is 15.9 Å². The zero-order chi connectivity index (χ0) is 13.9. The Labute approximate surface area is 130 Å². The summed E-state index contributed by atoms with van der Waals surface area (Å²) in [6.45, 7) is 5.88. The van der Waals surface area contributed by atoms with Gasteiger partial charge in [0.25, 0.3) is 0 Å². The maximum Gasteiger partial charge on any atom is 0.0378 e. The maximum atomic E-state index is 3.71. The van der Waals surface area contributed by atoms with E-state index in [4.69, 9.17) is 0 Å². The summed E-state index contributed by atoms with van der Waals surface area (Å²) in [5.74, 6) is 0. The molecular formula is C16H24BrN3. The third-order valence-corrected chi connectivity index (χ3v) is 5.31. The molecule has 0 radical (unpaired) electrons.